The van der Waals surface area contributed by atoms with Crippen LogP contribution in [0.4, 0.5) is 16.4 Å². The molecule has 0 saturated heterocycles. The Morgan fingerprint density at radius 2 is 1.82 bits per heavy atom. The summed E-state index contributed by atoms with van der Waals surface area (Å²) in [5.74, 6) is -1.90. The van der Waals surface area contributed by atoms with Crippen LogP contribution in [0.2, 0.25) is 0 Å². The summed E-state index contributed by atoms with van der Waals surface area (Å²) in [4.78, 5) is 23.5. The minimum Gasteiger partial charge on any atom is -0.481 e. The maximum atomic E-state index is 10.9. The van der Waals surface area contributed by atoms with E-state index in [1.807, 2.05) is 6.92 Å². The maximum absolute atomic E-state index is 10.9. The number of aryl methyl sites for hydroxylation is 2. The molecule has 9 nitrogen and oxygen atoms in total. The standard InChI is InChI=1S/C18H19N5O4S/c1-11-9-13(23(7-5-16(24)25)8-6-17(26)27)3-4-15(11)20-21-18-14(10-19)12(2)22-28-18/h3-4,9H,5-8H2,1-2H3,(H,24,25)(H,26,27). The molecule has 0 spiro atoms. The van der Waals surface area contributed by atoms with Crippen LogP contribution in [0.25, 0.3) is 0 Å². The van der Waals surface area contributed by atoms with Crippen molar-refractivity contribution < 1.29 is 19.8 Å². The van der Waals surface area contributed by atoms with Gasteiger partial charge in [0.25, 0.3) is 0 Å². The Hall–Kier alpha value is -3.32. The summed E-state index contributed by atoms with van der Waals surface area (Å²) >= 11 is 1.10. The van der Waals surface area contributed by atoms with Crippen LogP contribution in [0, 0.1) is 25.2 Å². The van der Waals surface area contributed by atoms with Crippen LogP contribution in [-0.4, -0.2) is 39.6 Å². The number of rotatable bonds is 9. The predicted octanol–water partition coefficient (Wildman–Crippen LogP) is 3.80. The lowest BCUT2D eigenvalue weighted by Crippen LogP contribution is -2.28. The average molecular weight is 401 g/mol. The van der Waals surface area contributed by atoms with Crippen molar-refractivity contribution in [1.82, 2.24) is 4.37 Å². The van der Waals surface area contributed by atoms with Gasteiger partial charge in [0, 0.05) is 18.8 Å². The van der Waals surface area contributed by atoms with Crippen LogP contribution in [0.1, 0.15) is 29.7 Å². The smallest absolute Gasteiger partial charge is 0.305 e. The zero-order chi connectivity index (χ0) is 20.7. The van der Waals surface area contributed by atoms with Crippen LogP contribution in [0.5, 0.6) is 0 Å². The van der Waals surface area contributed by atoms with E-state index >= 15 is 0 Å². The van der Waals surface area contributed by atoms with Gasteiger partial charge in [-0.1, -0.05) is 0 Å². The number of carboxylic acid groups (broad SMARTS) is 2. The third-order valence-corrected chi connectivity index (χ3v) is 4.77. The van der Waals surface area contributed by atoms with Crippen molar-refractivity contribution in [1.29, 1.82) is 5.26 Å². The molecule has 0 saturated carbocycles. The van der Waals surface area contributed by atoms with E-state index in [1.165, 1.54) is 0 Å². The summed E-state index contributed by atoms with van der Waals surface area (Å²) in [6.45, 7) is 3.97. The van der Waals surface area contributed by atoms with E-state index in [4.69, 9.17) is 15.5 Å². The maximum Gasteiger partial charge on any atom is 0.305 e. The summed E-state index contributed by atoms with van der Waals surface area (Å²) in [5, 5.41) is 35.7. The number of nitrogens with zero attached hydrogens (tertiary/aromatic N) is 5. The second kappa shape index (κ2) is 9.57. The van der Waals surface area contributed by atoms with Crippen LogP contribution in [0.3, 0.4) is 0 Å². The predicted molar refractivity (Wildman–Crippen MR) is 104 cm³/mol. The van der Waals surface area contributed by atoms with Crippen LogP contribution in [-0.2, 0) is 9.59 Å². The Morgan fingerprint density at radius 1 is 1.18 bits per heavy atom. The first-order valence-corrected chi connectivity index (χ1v) is 9.16. The van der Waals surface area contributed by atoms with Crippen molar-refractivity contribution in [2.45, 2.75) is 26.7 Å². The Kier molecular flexibility index (Phi) is 7.17. The number of hydrogen-bond donors (Lipinski definition) is 2. The van der Waals surface area contributed by atoms with E-state index in [1.54, 1.807) is 30.0 Å². The number of carbonyl (C=O) groups is 2. The second-order valence-corrected chi connectivity index (χ2v) is 6.76. The fourth-order valence-electron chi connectivity index (χ4n) is 2.43. The van der Waals surface area contributed by atoms with Crippen molar-refractivity contribution in [3.05, 3.63) is 35.0 Å². The molecule has 2 aromatic rings. The number of aliphatic carboxylic acids is 2. The van der Waals surface area contributed by atoms with Gasteiger partial charge in [0.05, 0.1) is 24.2 Å². The topological polar surface area (TPSA) is 139 Å². The molecule has 1 heterocycles. The lowest BCUT2D eigenvalue weighted by atomic mass is 10.1. The molecular formula is C18H19N5O4S. The van der Waals surface area contributed by atoms with E-state index in [0.29, 0.717) is 27.6 Å². The monoisotopic (exact) mass is 401 g/mol. The van der Waals surface area contributed by atoms with Crippen LogP contribution < -0.4 is 4.90 Å². The SMILES string of the molecule is Cc1cc(N(CCC(=O)O)CCC(=O)O)ccc1N=Nc1snc(C)c1C#N. The first-order chi connectivity index (χ1) is 13.3. The Balaban J connectivity index is 2.22. The molecule has 146 valence electrons. The fraction of sp³-hybridized carbons (Fsp3) is 0.333. The first kappa shape index (κ1) is 21.0. The summed E-state index contributed by atoms with van der Waals surface area (Å²) in [5.41, 5.74) is 3.11. The van der Waals surface area contributed by atoms with E-state index in [-0.39, 0.29) is 25.9 Å². The molecule has 1 aromatic heterocycles. The zero-order valence-electron chi connectivity index (χ0n) is 15.4. The van der Waals surface area contributed by atoms with E-state index in [9.17, 15) is 9.59 Å². The lowest BCUT2D eigenvalue weighted by Gasteiger charge is -2.24. The van der Waals surface area contributed by atoms with Gasteiger partial charge in [0.15, 0.2) is 5.00 Å². The van der Waals surface area contributed by atoms with Gasteiger partial charge >= 0.3 is 11.9 Å². The highest BCUT2D eigenvalue weighted by molar-refractivity contribution is 7.10. The van der Waals surface area contributed by atoms with Gasteiger partial charge in [0.2, 0.25) is 0 Å². The lowest BCUT2D eigenvalue weighted by molar-refractivity contribution is -0.137. The average Bonchev–Trinajstić information content (AvgIpc) is 3.00. The number of aromatic nitrogens is 1. The summed E-state index contributed by atoms with van der Waals surface area (Å²) in [6.07, 6.45) is -0.191. The van der Waals surface area contributed by atoms with Gasteiger partial charge in [-0.15, -0.1) is 10.2 Å². The molecule has 1 aromatic carbocycles. The largest absolute Gasteiger partial charge is 0.481 e. The quantitative estimate of drug-likeness (QED) is 0.609. The van der Waals surface area contributed by atoms with Gasteiger partial charge in [-0.2, -0.15) is 9.64 Å². The molecule has 0 aliphatic carbocycles. The van der Waals surface area contributed by atoms with Crippen LogP contribution in [0.15, 0.2) is 28.4 Å². The van der Waals surface area contributed by atoms with E-state index in [0.717, 1.165) is 17.1 Å². The number of carboxylic acids is 2. The summed E-state index contributed by atoms with van der Waals surface area (Å²) in [7, 11) is 0. The third-order valence-electron chi connectivity index (χ3n) is 3.94. The molecule has 2 N–H and O–H groups in total. The highest BCUT2D eigenvalue weighted by Gasteiger charge is 2.13. The summed E-state index contributed by atoms with van der Waals surface area (Å²) < 4.78 is 4.09. The van der Waals surface area contributed by atoms with Gasteiger partial charge in [-0.3, -0.25) is 9.59 Å². The normalized spacial score (nSPS) is 10.8. The molecule has 0 aliphatic rings. The molecule has 0 unspecified atom stereocenters. The van der Waals surface area contributed by atoms with Gasteiger partial charge in [0.1, 0.15) is 11.6 Å². The molecule has 0 radical (unpaired) electrons. The molecule has 0 atom stereocenters. The number of anilines is 1. The molecule has 28 heavy (non-hydrogen) atoms. The van der Waals surface area contributed by atoms with Crippen molar-refractivity contribution in [2.24, 2.45) is 10.2 Å². The minimum absolute atomic E-state index is 0.0954. The molecule has 2 rings (SSSR count). The minimum atomic E-state index is -0.949. The zero-order valence-corrected chi connectivity index (χ0v) is 16.2. The van der Waals surface area contributed by atoms with Crippen molar-refractivity contribution in [2.75, 3.05) is 18.0 Å². The highest BCUT2D eigenvalue weighted by Crippen LogP contribution is 2.31. The number of nitriles is 1. The van der Waals surface area contributed by atoms with Gasteiger partial charge in [-0.05, 0) is 49.1 Å². The first-order valence-electron chi connectivity index (χ1n) is 8.39. The van der Waals surface area contributed by atoms with Gasteiger partial charge < -0.3 is 15.1 Å². The number of benzene rings is 1. The van der Waals surface area contributed by atoms with Crippen molar-refractivity contribution in [3.8, 4) is 6.07 Å². The molecule has 10 heteroatoms. The highest BCUT2D eigenvalue weighted by atomic mass is 32.1. The molecule has 0 bridgehead atoms. The Labute approximate surface area is 165 Å². The summed E-state index contributed by atoms with van der Waals surface area (Å²) in [6, 6.07) is 7.33. The Morgan fingerprint density at radius 3 is 2.36 bits per heavy atom. The molecule has 0 amide bonds. The third kappa shape index (κ3) is 5.59. The van der Waals surface area contributed by atoms with Crippen molar-refractivity contribution in [3.63, 3.8) is 0 Å². The molecular weight excluding hydrogens is 382 g/mol. The van der Waals surface area contributed by atoms with Gasteiger partial charge in [-0.25, -0.2) is 0 Å². The van der Waals surface area contributed by atoms with E-state index < -0.39 is 11.9 Å². The number of hydrogen-bond acceptors (Lipinski definition) is 8. The van der Waals surface area contributed by atoms with E-state index in [2.05, 4.69) is 20.7 Å². The molecule has 0 fully saturated rings. The molecule has 0 aliphatic heterocycles. The number of azo groups is 1. The Bertz CT molecular complexity index is 930. The van der Waals surface area contributed by atoms with Crippen LogP contribution >= 0.6 is 11.5 Å². The van der Waals surface area contributed by atoms with Crippen molar-refractivity contribution >= 4 is 39.8 Å². The second-order valence-electron chi connectivity index (χ2n) is 6.01. The fourth-order valence-corrected chi connectivity index (χ4v) is 3.11.